The number of nitrogens with zero attached hydrogens (tertiary/aromatic N) is 1. The molecule has 2 rings (SSSR count). The van der Waals surface area contributed by atoms with E-state index in [1.807, 2.05) is 0 Å². The van der Waals surface area contributed by atoms with Gasteiger partial charge in [0.1, 0.15) is 17.2 Å². The fraction of sp³-hybridized carbons (Fsp3) is 0.125. The second kappa shape index (κ2) is 7.56. The lowest BCUT2D eigenvalue weighted by molar-refractivity contribution is -0.274. The van der Waals surface area contributed by atoms with Crippen molar-refractivity contribution in [1.29, 1.82) is 0 Å². The van der Waals surface area contributed by atoms with Crippen molar-refractivity contribution < 1.29 is 32.9 Å². The number of nitrogens with one attached hydrogen (secondary N) is 1. The highest BCUT2D eigenvalue weighted by molar-refractivity contribution is 5.86. The summed E-state index contributed by atoms with van der Waals surface area (Å²) in [5, 5.41) is 22.5. The van der Waals surface area contributed by atoms with E-state index in [4.69, 9.17) is 0 Å². The monoisotopic (exact) mass is 354 g/mol. The van der Waals surface area contributed by atoms with Crippen LogP contribution in [0.4, 0.5) is 13.2 Å². The highest BCUT2D eigenvalue weighted by Gasteiger charge is 2.31. The number of amides is 1. The van der Waals surface area contributed by atoms with Crippen LogP contribution in [0.5, 0.6) is 17.2 Å². The maximum absolute atomic E-state index is 12.2. The van der Waals surface area contributed by atoms with Gasteiger partial charge in [0.2, 0.25) is 5.91 Å². The molecule has 0 radical (unpaired) electrons. The predicted octanol–water partition coefficient (Wildman–Crippen LogP) is 2.69. The summed E-state index contributed by atoms with van der Waals surface area (Å²) in [7, 11) is 0. The van der Waals surface area contributed by atoms with Crippen molar-refractivity contribution in [3.63, 3.8) is 0 Å². The molecule has 2 aromatic rings. The molecule has 2 aromatic carbocycles. The van der Waals surface area contributed by atoms with Gasteiger partial charge in [-0.3, -0.25) is 4.79 Å². The Morgan fingerprint density at radius 2 is 1.96 bits per heavy atom. The van der Waals surface area contributed by atoms with Crippen molar-refractivity contribution in [1.82, 2.24) is 5.43 Å². The zero-order valence-corrected chi connectivity index (χ0v) is 12.6. The van der Waals surface area contributed by atoms with Gasteiger partial charge in [0, 0.05) is 5.56 Å². The predicted molar refractivity (Wildman–Crippen MR) is 82.3 cm³/mol. The number of phenols is 2. The maximum atomic E-state index is 12.2. The summed E-state index contributed by atoms with van der Waals surface area (Å²) in [6, 6.07) is 8.95. The van der Waals surface area contributed by atoms with E-state index in [0.29, 0.717) is 5.56 Å². The van der Waals surface area contributed by atoms with Crippen molar-refractivity contribution in [2.75, 3.05) is 0 Å². The number of alkyl halides is 3. The fourth-order valence-corrected chi connectivity index (χ4v) is 1.90. The largest absolute Gasteiger partial charge is 0.573 e. The first-order chi connectivity index (χ1) is 11.7. The zero-order valence-electron chi connectivity index (χ0n) is 12.6. The molecule has 3 N–H and O–H groups in total. The maximum Gasteiger partial charge on any atom is 0.573 e. The molecule has 132 valence electrons. The number of carbonyl (C=O) groups is 1. The van der Waals surface area contributed by atoms with Crippen molar-refractivity contribution in [3.8, 4) is 17.2 Å². The highest BCUT2D eigenvalue weighted by atomic mass is 19.4. The summed E-state index contributed by atoms with van der Waals surface area (Å²) < 4.78 is 40.3. The number of halogens is 3. The molecule has 0 aliphatic heterocycles. The number of ether oxygens (including phenoxy) is 1. The van der Waals surface area contributed by atoms with Gasteiger partial charge in [0.15, 0.2) is 0 Å². The van der Waals surface area contributed by atoms with E-state index in [2.05, 4.69) is 15.3 Å². The lowest BCUT2D eigenvalue weighted by Gasteiger charge is -2.09. The topological polar surface area (TPSA) is 91.2 Å². The Bertz CT molecular complexity index is 791. The Morgan fingerprint density at radius 1 is 1.20 bits per heavy atom. The first-order valence-corrected chi connectivity index (χ1v) is 6.91. The molecular weight excluding hydrogens is 341 g/mol. The minimum absolute atomic E-state index is 0.0141. The van der Waals surface area contributed by atoms with Gasteiger partial charge in [0.25, 0.3) is 0 Å². The van der Waals surface area contributed by atoms with Gasteiger partial charge in [-0.25, -0.2) is 5.43 Å². The molecule has 0 unspecified atom stereocenters. The number of hydrogen-bond donors (Lipinski definition) is 3. The van der Waals surface area contributed by atoms with Crippen molar-refractivity contribution in [2.24, 2.45) is 5.10 Å². The molecule has 0 saturated carbocycles. The molecule has 25 heavy (non-hydrogen) atoms. The van der Waals surface area contributed by atoms with Crippen LogP contribution in [0, 0.1) is 0 Å². The Morgan fingerprint density at radius 3 is 2.64 bits per heavy atom. The van der Waals surface area contributed by atoms with Gasteiger partial charge < -0.3 is 14.9 Å². The van der Waals surface area contributed by atoms with Crippen LogP contribution in [0.15, 0.2) is 47.6 Å². The second-order valence-electron chi connectivity index (χ2n) is 4.91. The summed E-state index contributed by atoms with van der Waals surface area (Å²) in [6.07, 6.45) is -3.94. The van der Waals surface area contributed by atoms with Crippen LogP contribution in [-0.2, 0) is 11.2 Å². The van der Waals surface area contributed by atoms with Crippen LogP contribution in [0.1, 0.15) is 11.1 Å². The minimum Gasteiger partial charge on any atom is -0.508 e. The van der Waals surface area contributed by atoms with Crippen LogP contribution >= 0.6 is 0 Å². The molecular formula is C16H13F3N2O4. The van der Waals surface area contributed by atoms with Gasteiger partial charge in [-0.15, -0.1) is 13.2 Å². The Balaban J connectivity index is 1.99. The number of phenolic OH excluding ortho intramolecular Hbond substituents is 2. The van der Waals surface area contributed by atoms with Gasteiger partial charge in [0.05, 0.1) is 12.6 Å². The van der Waals surface area contributed by atoms with E-state index in [-0.39, 0.29) is 23.5 Å². The van der Waals surface area contributed by atoms with Gasteiger partial charge in [-0.2, -0.15) is 5.10 Å². The quantitative estimate of drug-likeness (QED) is 0.569. The molecule has 0 atom stereocenters. The smallest absolute Gasteiger partial charge is 0.508 e. The third-order valence-electron chi connectivity index (χ3n) is 2.90. The average molecular weight is 354 g/mol. The molecule has 0 aliphatic rings. The van der Waals surface area contributed by atoms with E-state index >= 15 is 0 Å². The second-order valence-corrected chi connectivity index (χ2v) is 4.91. The van der Waals surface area contributed by atoms with Crippen LogP contribution in [0.2, 0.25) is 0 Å². The summed E-state index contributed by atoms with van der Waals surface area (Å²) in [6.45, 7) is 0. The minimum atomic E-state index is -4.86. The lowest BCUT2D eigenvalue weighted by Crippen LogP contribution is -2.19. The number of carbonyl (C=O) groups excluding carboxylic acids is 1. The molecule has 0 spiro atoms. The molecule has 9 heteroatoms. The van der Waals surface area contributed by atoms with Crippen LogP contribution < -0.4 is 10.2 Å². The van der Waals surface area contributed by atoms with Gasteiger partial charge >= 0.3 is 6.36 Å². The number of hydrogen-bond acceptors (Lipinski definition) is 5. The molecule has 0 bridgehead atoms. The fourth-order valence-electron chi connectivity index (χ4n) is 1.90. The van der Waals surface area contributed by atoms with Crippen molar-refractivity contribution in [3.05, 3.63) is 53.6 Å². The van der Waals surface area contributed by atoms with Gasteiger partial charge in [-0.05, 0) is 35.9 Å². The van der Waals surface area contributed by atoms with Crippen molar-refractivity contribution >= 4 is 12.1 Å². The highest BCUT2D eigenvalue weighted by Crippen LogP contribution is 2.26. The molecule has 1 amide bonds. The Hall–Kier alpha value is -3.23. The normalized spacial score (nSPS) is 11.5. The van der Waals surface area contributed by atoms with E-state index in [0.717, 1.165) is 24.4 Å². The first-order valence-electron chi connectivity index (χ1n) is 6.91. The van der Waals surface area contributed by atoms with Gasteiger partial charge in [-0.1, -0.05) is 12.1 Å². The van der Waals surface area contributed by atoms with E-state index in [1.54, 1.807) is 12.1 Å². The van der Waals surface area contributed by atoms with E-state index < -0.39 is 18.0 Å². The average Bonchev–Trinajstić information content (AvgIpc) is 2.49. The van der Waals surface area contributed by atoms with Crippen molar-refractivity contribution in [2.45, 2.75) is 12.8 Å². The summed E-state index contributed by atoms with van der Waals surface area (Å²) in [4.78, 5) is 11.7. The Kier molecular flexibility index (Phi) is 5.48. The summed E-state index contributed by atoms with van der Waals surface area (Å²) in [5.41, 5.74) is 2.65. The number of hydrazone groups is 1. The van der Waals surface area contributed by atoms with E-state index in [1.165, 1.54) is 12.1 Å². The standard InChI is InChI=1S/C16H13F3N2O4/c17-16(18,19)25-13-4-5-14(23)11(8-13)9-20-21-15(24)7-10-2-1-3-12(22)6-10/h1-6,8-9,22-23H,7H2,(H,21,24). The zero-order chi connectivity index (χ0) is 18.4. The molecule has 0 saturated heterocycles. The lowest BCUT2D eigenvalue weighted by atomic mass is 10.1. The van der Waals surface area contributed by atoms with Crippen LogP contribution in [-0.4, -0.2) is 28.7 Å². The first kappa shape index (κ1) is 18.1. The molecule has 0 fully saturated rings. The molecule has 0 aliphatic carbocycles. The molecule has 0 aromatic heterocycles. The van der Waals surface area contributed by atoms with Crippen LogP contribution in [0.25, 0.3) is 0 Å². The number of aromatic hydroxyl groups is 2. The van der Waals surface area contributed by atoms with E-state index in [9.17, 15) is 28.2 Å². The van der Waals surface area contributed by atoms with Crippen LogP contribution in [0.3, 0.4) is 0 Å². The summed E-state index contributed by atoms with van der Waals surface area (Å²) >= 11 is 0. The molecule has 0 heterocycles. The number of benzene rings is 2. The third-order valence-corrected chi connectivity index (χ3v) is 2.90. The SMILES string of the molecule is O=C(Cc1cccc(O)c1)NN=Cc1cc(OC(F)(F)F)ccc1O. The third kappa shape index (κ3) is 6.05. The molecule has 6 nitrogen and oxygen atoms in total. The number of rotatable bonds is 5. The summed E-state index contributed by atoms with van der Waals surface area (Å²) in [5.74, 6) is -1.36. The Labute approximate surface area is 140 Å².